The van der Waals surface area contributed by atoms with Crippen LogP contribution in [0.4, 0.5) is 4.39 Å². The van der Waals surface area contributed by atoms with Crippen LogP contribution in [0.1, 0.15) is 0 Å². The molecule has 2 heterocycles. The van der Waals surface area contributed by atoms with Crippen molar-refractivity contribution in [2.75, 3.05) is 0 Å². The Morgan fingerprint density at radius 1 is 1.55 bits per heavy atom. The summed E-state index contributed by atoms with van der Waals surface area (Å²) < 4.78 is 12.4. The number of amidine groups is 1. The Balaban J connectivity index is 2.51. The number of hydrogen-bond donors (Lipinski definition) is 0. The predicted molar refractivity (Wildman–Crippen MR) is 41.5 cm³/mol. The summed E-state index contributed by atoms with van der Waals surface area (Å²) in [7, 11) is 0. The molecule has 0 saturated carbocycles. The minimum absolute atomic E-state index is 0.348. The van der Waals surface area contributed by atoms with E-state index in [4.69, 9.17) is 11.6 Å². The summed E-state index contributed by atoms with van der Waals surface area (Å²) in [6.07, 6.45) is 1.57. The molecular formula is C5H2ClFN4. The van der Waals surface area contributed by atoms with Crippen molar-refractivity contribution >= 4 is 36.0 Å². The summed E-state index contributed by atoms with van der Waals surface area (Å²) in [6, 6.07) is 0. The average Bonchev–Trinajstić information content (AvgIpc) is 2.28. The van der Waals surface area contributed by atoms with E-state index >= 15 is 0 Å². The van der Waals surface area contributed by atoms with E-state index in [0.717, 1.165) is 0 Å². The third kappa shape index (κ3) is 0.883. The molecule has 2 aliphatic rings. The highest BCUT2D eigenvalue weighted by Gasteiger charge is 2.37. The van der Waals surface area contributed by atoms with Crippen LogP contribution in [0.15, 0.2) is 20.0 Å². The third-order valence-corrected chi connectivity index (χ3v) is 1.66. The summed E-state index contributed by atoms with van der Waals surface area (Å²) in [4.78, 5) is 14.0. The first-order valence-electron chi connectivity index (χ1n) is 2.81. The van der Waals surface area contributed by atoms with Gasteiger partial charge in [0.05, 0.1) is 6.21 Å². The van der Waals surface area contributed by atoms with Crippen LogP contribution in [-0.2, 0) is 0 Å². The van der Waals surface area contributed by atoms with Crippen molar-refractivity contribution in [3.63, 3.8) is 0 Å². The molecule has 11 heavy (non-hydrogen) atoms. The predicted octanol–water partition coefficient (Wildman–Crippen LogP) is 0.772. The highest BCUT2D eigenvalue weighted by Crippen LogP contribution is 2.26. The lowest BCUT2D eigenvalue weighted by molar-refractivity contribution is 0.740. The van der Waals surface area contributed by atoms with Gasteiger partial charge >= 0.3 is 6.09 Å². The van der Waals surface area contributed by atoms with E-state index in [-0.39, 0.29) is 0 Å². The van der Waals surface area contributed by atoms with Crippen LogP contribution >= 0.6 is 11.6 Å². The summed E-state index contributed by atoms with van der Waals surface area (Å²) >= 11 is 5.72. The minimum Gasteiger partial charge on any atom is -0.234 e. The van der Waals surface area contributed by atoms with E-state index in [9.17, 15) is 4.39 Å². The number of nitrogens with zero attached hydrogens (tertiary/aromatic N) is 4. The molecule has 0 aromatic carbocycles. The quantitative estimate of drug-likeness (QED) is 0.383. The number of hydrogen-bond acceptors (Lipinski definition) is 4. The molecule has 0 aliphatic carbocycles. The largest absolute Gasteiger partial charge is 0.307 e. The first kappa shape index (κ1) is 6.60. The maximum Gasteiger partial charge on any atom is 0.307 e. The van der Waals surface area contributed by atoms with Gasteiger partial charge in [-0.1, -0.05) is 11.6 Å². The fourth-order valence-electron chi connectivity index (χ4n) is 0.783. The standard InChI is InChI=1S/C5H2ClFN4/c6-5-3(9-2-10-5)1-8-4(7)11-5/h1-2H. The molecule has 4 nitrogen and oxygen atoms in total. The first-order valence-corrected chi connectivity index (χ1v) is 3.19. The third-order valence-electron chi connectivity index (χ3n) is 1.29. The summed E-state index contributed by atoms with van der Waals surface area (Å²) in [6.45, 7) is 0. The van der Waals surface area contributed by atoms with Gasteiger partial charge in [-0.3, -0.25) is 0 Å². The van der Waals surface area contributed by atoms with Crippen molar-refractivity contribution in [3.8, 4) is 0 Å². The molecule has 0 spiro atoms. The minimum atomic E-state index is -1.38. The van der Waals surface area contributed by atoms with Crippen LogP contribution in [0.5, 0.6) is 0 Å². The zero-order valence-corrected chi connectivity index (χ0v) is 5.96. The number of fused-ring (bicyclic) bond motifs is 1. The van der Waals surface area contributed by atoms with E-state index < -0.39 is 11.2 Å². The van der Waals surface area contributed by atoms with Crippen molar-refractivity contribution in [2.24, 2.45) is 20.0 Å². The smallest absolute Gasteiger partial charge is 0.234 e. The van der Waals surface area contributed by atoms with Crippen LogP contribution in [-0.4, -0.2) is 29.5 Å². The van der Waals surface area contributed by atoms with Gasteiger partial charge in [0.2, 0.25) is 0 Å². The molecule has 0 saturated heterocycles. The lowest BCUT2D eigenvalue weighted by Crippen LogP contribution is -2.30. The number of halogens is 2. The van der Waals surface area contributed by atoms with Gasteiger partial charge in [-0.2, -0.15) is 9.38 Å². The van der Waals surface area contributed by atoms with Gasteiger partial charge in [-0.05, 0) is 0 Å². The van der Waals surface area contributed by atoms with Gasteiger partial charge in [-0.25, -0.2) is 15.0 Å². The zero-order valence-electron chi connectivity index (χ0n) is 5.20. The Kier molecular flexibility index (Phi) is 1.17. The van der Waals surface area contributed by atoms with Crippen LogP contribution in [0.3, 0.4) is 0 Å². The first-order chi connectivity index (χ1) is 5.21. The van der Waals surface area contributed by atoms with Crippen LogP contribution in [0.25, 0.3) is 0 Å². The summed E-state index contributed by atoms with van der Waals surface area (Å²) in [5.74, 6) is 0. The molecule has 1 unspecified atom stereocenters. The van der Waals surface area contributed by atoms with Crippen molar-refractivity contribution in [1.29, 1.82) is 0 Å². The lowest BCUT2D eigenvalue weighted by atomic mass is 10.3. The molecule has 1 atom stereocenters. The molecule has 0 aromatic heterocycles. The molecule has 0 radical (unpaired) electrons. The van der Waals surface area contributed by atoms with E-state index in [1.165, 1.54) is 12.6 Å². The fraction of sp³-hybridized carbons (Fsp3) is 0.200. The van der Waals surface area contributed by atoms with Crippen molar-refractivity contribution < 1.29 is 4.39 Å². The van der Waals surface area contributed by atoms with E-state index in [1.807, 2.05) is 0 Å². The molecule has 0 N–H and O–H groups in total. The monoisotopic (exact) mass is 172 g/mol. The number of rotatable bonds is 0. The SMILES string of the molecule is FC1=NC2(Cl)N=CN=C2C=N1. The van der Waals surface area contributed by atoms with Gasteiger partial charge in [0.1, 0.15) is 12.1 Å². The molecule has 56 valence electrons. The van der Waals surface area contributed by atoms with Crippen LogP contribution < -0.4 is 0 Å². The number of alkyl halides is 1. The zero-order chi connectivity index (χ0) is 7.90. The van der Waals surface area contributed by atoms with Crippen molar-refractivity contribution in [1.82, 2.24) is 0 Å². The van der Waals surface area contributed by atoms with E-state index in [1.54, 1.807) is 0 Å². The Morgan fingerprint density at radius 3 is 3.18 bits per heavy atom. The summed E-state index contributed by atoms with van der Waals surface area (Å²) in [5.41, 5.74) is 0.348. The second kappa shape index (κ2) is 1.94. The van der Waals surface area contributed by atoms with Gasteiger partial charge in [0, 0.05) is 0 Å². The second-order valence-corrected chi connectivity index (χ2v) is 2.51. The van der Waals surface area contributed by atoms with E-state index in [0.29, 0.717) is 5.71 Å². The topological polar surface area (TPSA) is 49.4 Å². The Bertz CT molecular complexity index is 318. The van der Waals surface area contributed by atoms with Gasteiger partial charge in [0.25, 0.3) is 5.12 Å². The molecule has 0 bridgehead atoms. The molecule has 2 rings (SSSR count). The number of aliphatic imine (C=N–C) groups is 4. The maximum absolute atomic E-state index is 12.4. The molecule has 2 aliphatic heterocycles. The highest BCUT2D eigenvalue weighted by molar-refractivity contribution is 6.52. The Hall–Kier alpha value is -1.10. The molecule has 0 aromatic rings. The Labute approximate surface area is 66.2 Å². The molecule has 0 fully saturated rings. The fourth-order valence-corrected chi connectivity index (χ4v) is 0.994. The van der Waals surface area contributed by atoms with Crippen molar-refractivity contribution in [3.05, 3.63) is 0 Å². The van der Waals surface area contributed by atoms with Crippen LogP contribution in [0.2, 0.25) is 0 Å². The average molecular weight is 173 g/mol. The second-order valence-electron chi connectivity index (χ2n) is 1.99. The highest BCUT2D eigenvalue weighted by atomic mass is 35.5. The van der Waals surface area contributed by atoms with Crippen LogP contribution in [0, 0.1) is 0 Å². The molecule has 0 amide bonds. The molecule has 6 heteroatoms. The van der Waals surface area contributed by atoms with Gasteiger partial charge < -0.3 is 0 Å². The maximum atomic E-state index is 12.4. The van der Waals surface area contributed by atoms with Gasteiger partial charge in [0.15, 0.2) is 0 Å². The lowest BCUT2D eigenvalue weighted by Gasteiger charge is -2.14. The normalized spacial score (nSPS) is 33.3. The van der Waals surface area contributed by atoms with Gasteiger partial charge in [-0.15, -0.1) is 0 Å². The van der Waals surface area contributed by atoms with E-state index in [2.05, 4.69) is 20.0 Å². The molecular weight excluding hydrogens is 171 g/mol. The van der Waals surface area contributed by atoms with Crippen molar-refractivity contribution in [2.45, 2.75) is 5.12 Å². The Morgan fingerprint density at radius 2 is 2.36 bits per heavy atom. The summed E-state index contributed by atoms with van der Waals surface area (Å²) in [5, 5.41) is -1.38.